The minimum Gasteiger partial charge on any atom is -0.333 e. The van der Waals surface area contributed by atoms with Gasteiger partial charge in [0, 0.05) is 4.11 Å². The first kappa shape index (κ1) is 3.79. The van der Waals surface area contributed by atoms with Gasteiger partial charge in [-0.05, 0) is 6.98 Å². The van der Waals surface area contributed by atoms with Gasteiger partial charge in [0.1, 0.15) is 0 Å². The van der Waals surface area contributed by atoms with E-state index in [0.29, 0.717) is 0 Å². The van der Waals surface area contributed by atoms with Crippen LogP contribution in [0.25, 0.3) is 0 Å². The molecule has 0 aromatic rings. The predicted molar refractivity (Wildman–Crippen MR) is 24.3 cm³/mol. The Morgan fingerprint density at radius 1 is 1.71 bits per heavy atom. The Balaban J connectivity index is 0. The van der Waals surface area contributed by atoms with E-state index in [-0.39, 0.29) is 0 Å². The molecular weight excluding hydrogens is 122 g/mol. The smallest absolute Gasteiger partial charge is 0.333 e. The highest BCUT2D eigenvalue weighted by atomic mass is 32.3. The van der Waals surface area contributed by atoms with Gasteiger partial charge in [-0.25, -0.2) is 0 Å². The minimum absolute atomic E-state index is 2.25. The molecule has 0 unspecified atom stereocenters. The summed E-state index contributed by atoms with van der Waals surface area (Å²) in [6.45, 7) is -2.25. The molecule has 0 aliphatic heterocycles. The third-order valence-electron chi connectivity index (χ3n) is 0. The number of nitrogens with two attached hydrogens (primary N) is 1. The summed E-state index contributed by atoms with van der Waals surface area (Å²) in [4.78, 5) is 0. The topological polar surface area (TPSA) is 101 Å². The second-order valence-electron chi connectivity index (χ2n) is 0.448. The first-order valence-corrected chi connectivity index (χ1v) is 2.38. The second-order valence-corrected chi connectivity index (χ2v) is 1.34. The van der Waals surface area contributed by atoms with Crippen LogP contribution < -0.4 is 5.73 Å². The van der Waals surface area contributed by atoms with E-state index in [1.807, 2.05) is 0 Å². The maximum atomic E-state index is 8.74. The molecule has 4 N–H and O–H groups in total. The van der Waals surface area contributed by atoms with Crippen LogP contribution in [0.3, 0.4) is 0 Å². The summed E-state index contributed by atoms with van der Waals surface area (Å²) in [5, 5.41) is 0. The Morgan fingerprint density at radius 2 is 1.71 bits per heavy atom. The third kappa shape index (κ3) is 2960. The van der Waals surface area contributed by atoms with Crippen molar-refractivity contribution in [1.82, 2.24) is 0 Å². The van der Waals surface area contributed by atoms with Crippen LogP contribution >= 0.6 is 0 Å². The molecule has 46 valence electrons. The van der Waals surface area contributed by atoms with Crippen LogP contribution in [-0.2, 0) is 10.4 Å². The summed E-state index contributed by atoms with van der Waals surface area (Å²) < 4.78 is 49.7. The van der Waals surface area contributed by atoms with Gasteiger partial charge in [-0.2, -0.15) is 8.42 Å². The van der Waals surface area contributed by atoms with Gasteiger partial charge in [-0.3, -0.25) is 9.11 Å². The van der Waals surface area contributed by atoms with Gasteiger partial charge in [-0.1, -0.05) is 0 Å². The molecule has 0 aliphatic rings. The molecular formula is CH7NO4S. The fraction of sp³-hybridized carbons (Fsp3) is 1.00. The molecule has 0 saturated carbocycles. The van der Waals surface area contributed by atoms with Crippen molar-refractivity contribution < 1.29 is 21.6 Å². The highest BCUT2D eigenvalue weighted by Gasteiger charge is 1.84. The van der Waals surface area contributed by atoms with Gasteiger partial charge in [0.05, 0.1) is 0 Å². The Kier molecular flexibility index (Phi) is 2.16. The van der Waals surface area contributed by atoms with Gasteiger partial charge in [-0.15, -0.1) is 0 Å². The zero-order valence-electron chi connectivity index (χ0n) is 6.20. The monoisotopic (exact) mass is 132 g/mol. The molecule has 7 heavy (non-hydrogen) atoms. The quantitative estimate of drug-likeness (QED) is 0.364. The molecule has 0 bridgehead atoms. The summed E-state index contributed by atoms with van der Waals surface area (Å²) in [7, 11) is -4.67. The van der Waals surface area contributed by atoms with Crippen molar-refractivity contribution >= 4 is 10.4 Å². The molecule has 0 aromatic heterocycles. The lowest BCUT2D eigenvalue weighted by Crippen LogP contribution is -1.89. The molecule has 0 radical (unpaired) electrons. The largest absolute Gasteiger partial charge is 0.394 e. The molecule has 5 nitrogen and oxygen atoms in total. The van der Waals surface area contributed by atoms with E-state index in [1.54, 1.807) is 0 Å². The molecule has 0 aromatic carbocycles. The summed E-state index contributed by atoms with van der Waals surface area (Å²) in [6.07, 6.45) is 0. The maximum Gasteiger partial charge on any atom is 0.394 e. The lowest BCUT2D eigenvalue weighted by Gasteiger charge is -1.68. The normalized spacial score (nSPS) is 17.3. The standard InChI is InChI=1S/CH5N.H2O4S/c1-2;1-5(2,3)4/h2H2,1H3;(H2,1,2,3,4)/i1D3;. The number of hydrogen-bond donors (Lipinski definition) is 3. The highest BCUT2D eigenvalue weighted by molar-refractivity contribution is 7.79. The van der Waals surface area contributed by atoms with Gasteiger partial charge in [0.15, 0.2) is 0 Å². The van der Waals surface area contributed by atoms with Crippen LogP contribution in [0.1, 0.15) is 4.11 Å². The van der Waals surface area contributed by atoms with Gasteiger partial charge >= 0.3 is 10.4 Å². The molecule has 0 heterocycles. The maximum absolute atomic E-state index is 8.74. The molecule has 0 spiro atoms. The molecule has 0 amide bonds. The van der Waals surface area contributed by atoms with Crippen molar-refractivity contribution in [3.05, 3.63) is 0 Å². The van der Waals surface area contributed by atoms with E-state index in [4.69, 9.17) is 21.6 Å². The number of rotatable bonds is 0. The molecule has 0 saturated heterocycles. The van der Waals surface area contributed by atoms with Crippen LogP contribution in [0.15, 0.2) is 0 Å². The van der Waals surface area contributed by atoms with Crippen LogP contribution in [0.5, 0.6) is 0 Å². The van der Waals surface area contributed by atoms with Crippen LogP contribution in [0.2, 0.25) is 0 Å². The van der Waals surface area contributed by atoms with Crippen molar-refractivity contribution in [1.29, 1.82) is 0 Å². The van der Waals surface area contributed by atoms with Crippen molar-refractivity contribution in [2.45, 2.75) is 0 Å². The zero-order valence-corrected chi connectivity index (χ0v) is 4.01. The average molecular weight is 132 g/mol. The first-order chi connectivity index (χ1) is 4.00. The van der Waals surface area contributed by atoms with Crippen LogP contribution in [0.4, 0.5) is 0 Å². The van der Waals surface area contributed by atoms with Crippen LogP contribution in [0, 0.1) is 0 Å². The summed E-state index contributed by atoms with van der Waals surface area (Å²) in [6, 6.07) is 0. The van der Waals surface area contributed by atoms with Crippen molar-refractivity contribution in [2.75, 3.05) is 6.98 Å². The lowest BCUT2D eigenvalue weighted by atomic mass is 11.6. The molecule has 0 fully saturated rings. The second kappa shape index (κ2) is 4.00. The third-order valence-corrected chi connectivity index (χ3v) is 0. The Bertz CT molecular complexity index is 155. The summed E-state index contributed by atoms with van der Waals surface area (Å²) >= 11 is 0. The predicted octanol–water partition coefficient (Wildman–Crippen LogP) is -1.08. The SMILES string of the molecule is O=S(=O)(O)O.[2H]C([2H])([2H])N. The zero-order chi connectivity index (χ0) is 9.00. The molecule has 6 heteroatoms. The summed E-state index contributed by atoms with van der Waals surface area (Å²) in [5.74, 6) is 0. The Morgan fingerprint density at radius 3 is 1.71 bits per heavy atom. The van der Waals surface area contributed by atoms with Crippen LogP contribution in [-0.4, -0.2) is 24.5 Å². The van der Waals surface area contributed by atoms with E-state index in [1.165, 1.54) is 0 Å². The fourth-order valence-corrected chi connectivity index (χ4v) is 0. The molecule has 0 aliphatic carbocycles. The minimum atomic E-state index is -4.67. The average Bonchev–Trinajstić information content (AvgIpc) is 1.12. The number of hydrogen-bond acceptors (Lipinski definition) is 3. The molecule has 0 rings (SSSR count). The Hall–Kier alpha value is -0.170. The molecule has 0 atom stereocenters. The van der Waals surface area contributed by atoms with E-state index >= 15 is 0 Å². The van der Waals surface area contributed by atoms with Crippen molar-refractivity contribution in [3.63, 3.8) is 0 Å². The van der Waals surface area contributed by atoms with E-state index in [2.05, 4.69) is 5.73 Å². The fourth-order valence-electron chi connectivity index (χ4n) is 0. The van der Waals surface area contributed by atoms with E-state index in [9.17, 15) is 0 Å². The highest BCUT2D eigenvalue weighted by Crippen LogP contribution is 1.59. The first-order valence-electron chi connectivity index (χ1n) is 2.49. The van der Waals surface area contributed by atoms with Crippen molar-refractivity contribution in [2.24, 2.45) is 5.73 Å². The van der Waals surface area contributed by atoms with Crippen molar-refractivity contribution in [3.8, 4) is 0 Å². The van der Waals surface area contributed by atoms with E-state index in [0.717, 1.165) is 0 Å². The van der Waals surface area contributed by atoms with Gasteiger partial charge in [0.25, 0.3) is 0 Å². The van der Waals surface area contributed by atoms with Gasteiger partial charge < -0.3 is 5.73 Å². The lowest BCUT2D eigenvalue weighted by molar-refractivity contribution is 0.381. The van der Waals surface area contributed by atoms with Gasteiger partial charge in [0.2, 0.25) is 0 Å². The summed E-state index contributed by atoms with van der Waals surface area (Å²) in [5.41, 5.74) is 4.35. The van der Waals surface area contributed by atoms with E-state index < -0.39 is 17.4 Å². The Labute approximate surface area is 45.9 Å².